The van der Waals surface area contributed by atoms with Crippen molar-refractivity contribution < 1.29 is 23.1 Å². The van der Waals surface area contributed by atoms with Crippen LogP contribution in [0.15, 0.2) is 23.1 Å². The number of rotatable bonds is 5. The third-order valence-corrected chi connectivity index (χ3v) is 2.95. The van der Waals surface area contributed by atoms with Gasteiger partial charge in [-0.05, 0) is 18.2 Å². The maximum absolute atomic E-state index is 11.2. The van der Waals surface area contributed by atoms with E-state index in [9.17, 15) is 13.2 Å². The Morgan fingerprint density at radius 2 is 2.12 bits per heavy atom. The molecule has 1 aromatic carbocycles. The Morgan fingerprint density at radius 3 is 2.65 bits per heavy atom. The van der Waals surface area contributed by atoms with Gasteiger partial charge in [0.05, 0.1) is 13.0 Å². The summed E-state index contributed by atoms with van der Waals surface area (Å²) in [4.78, 5) is 10.0. The number of aliphatic carboxylic acids is 1. The number of nitrogens with two attached hydrogens (primary N) is 1. The standard InChI is InChI=1S/C9H10ClNO5S/c10-6-1-2-7(16-4-3-9(12)13)8(5-6)17(11,14)15/h1-2,5H,3-4H2,(H,12,13)(H2,11,14,15). The SMILES string of the molecule is NS(=O)(=O)c1cc(Cl)ccc1OCCC(=O)O. The summed E-state index contributed by atoms with van der Waals surface area (Å²) in [5.41, 5.74) is 0. The average molecular weight is 280 g/mol. The van der Waals surface area contributed by atoms with E-state index in [1.165, 1.54) is 12.1 Å². The van der Waals surface area contributed by atoms with Crippen LogP contribution in [0.25, 0.3) is 0 Å². The molecule has 1 rings (SSSR count). The van der Waals surface area contributed by atoms with Crippen molar-refractivity contribution in [3.63, 3.8) is 0 Å². The van der Waals surface area contributed by atoms with Crippen LogP contribution in [0.3, 0.4) is 0 Å². The van der Waals surface area contributed by atoms with Crippen molar-refractivity contribution in [3.05, 3.63) is 23.2 Å². The summed E-state index contributed by atoms with van der Waals surface area (Å²) < 4.78 is 27.5. The van der Waals surface area contributed by atoms with Gasteiger partial charge in [-0.1, -0.05) is 11.6 Å². The van der Waals surface area contributed by atoms with Crippen molar-refractivity contribution >= 4 is 27.6 Å². The van der Waals surface area contributed by atoms with Crippen molar-refractivity contribution in [3.8, 4) is 5.75 Å². The summed E-state index contributed by atoms with van der Waals surface area (Å²) in [7, 11) is -3.96. The van der Waals surface area contributed by atoms with Crippen LogP contribution in [0.5, 0.6) is 5.75 Å². The fraction of sp³-hybridized carbons (Fsp3) is 0.222. The zero-order valence-corrected chi connectivity index (χ0v) is 10.2. The summed E-state index contributed by atoms with van der Waals surface area (Å²) in [6, 6.07) is 3.89. The molecule has 0 radical (unpaired) electrons. The molecule has 6 nitrogen and oxygen atoms in total. The zero-order valence-electron chi connectivity index (χ0n) is 8.59. The molecule has 0 aliphatic rings. The Morgan fingerprint density at radius 1 is 1.47 bits per heavy atom. The van der Waals surface area contributed by atoms with Crippen molar-refractivity contribution in [2.45, 2.75) is 11.3 Å². The quantitative estimate of drug-likeness (QED) is 0.830. The van der Waals surface area contributed by atoms with E-state index in [1.807, 2.05) is 0 Å². The van der Waals surface area contributed by atoms with Gasteiger partial charge in [-0.25, -0.2) is 13.6 Å². The van der Waals surface area contributed by atoms with Crippen LogP contribution in [-0.4, -0.2) is 26.1 Å². The molecule has 0 amide bonds. The molecule has 17 heavy (non-hydrogen) atoms. The molecule has 0 saturated heterocycles. The second kappa shape index (κ2) is 5.35. The Balaban J connectivity index is 2.95. The second-order valence-corrected chi connectivity index (χ2v) is 5.09. The van der Waals surface area contributed by atoms with Crippen LogP contribution in [0, 0.1) is 0 Å². The van der Waals surface area contributed by atoms with Gasteiger partial charge in [-0.2, -0.15) is 0 Å². The van der Waals surface area contributed by atoms with Crippen molar-refractivity contribution in [1.82, 2.24) is 0 Å². The second-order valence-electron chi connectivity index (χ2n) is 3.13. The number of ether oxygens (including phenoxy) is 1. The fourth-order valence-corrected chi connectivity index (χ4v) is 2.01. The number of sulfonamides is 1. The monoisotopic (exact) mass is 279 g/mol. The van der Waals surface area contributed by atoms with Gasteiger partial charge in [-0.15, -0.1) is 0 Å². The first-order valence-corrected chi connectivity index (χ1v) is 6.40. The van der Waals surface area contributed by atoms with Gasteiger partial charge in [0.1, 0.15) is 10.6 Å². The van der Waals surface area contributed by atoms with E-state index in [0.29, 0.717) is 0 Å². The summed E-state index contributed by atoms with van der Waals surface area (Å²) >= 11 is 5.64. The third kappa shape index (κ3) is 4.22. The predicted octanol–water partition coefficient (Wildman–Crippen LogP) is 0.841. The predicted molar refractivity (Wildman–Crippen MR) is 60.6 cm³/mol. The van der Waals surface area contributed by atoms with Gasteiger partial charge in [0, 0.05) is 5.02 Å². The van der Waals surface area contributed by atoms with E-state index in [-0.39, 0.29) is 28.7 Å². The van der Waals surface area contributed by atoms with E-state index in [4.69, 9.17) is 26.6 Å². The molecule has 0 aromatic heterocycles. The Bertz CT molecular complexity index is 528. The van der Waals surface area contributed by atoms with Gasteiger partial charge in [0.25, 0.3) is 0 Å². The molecule has 1 aromatic rings. The maximum Gasteiger partial charge on any atom is 0.306 e. The fourth-order valence-electron chi connectivity index (χ4n) is 1.07. The summed E-state index contributed by atoms with van der Waals surface area (Å²) in [6.07, 6.45) is -0.243. The summed E-state index contributed by atoms with van der Waals surface area (Å²) in [5, 5.41) is 13.6. The molecular formula is C9H10ClNO5S. The van der Waals surface area contributed by atoms with E-state index in [1.54, 1.807) is 0 Å². The molecule has 8 heteroatoms. The van der Waals surface area contributed by atoms with Gasteiger partial charge >= 0.3 is 5.97 Å². The number of carboxylic acids is 1. The lowest BCUT2D eigenvalue weighted by molar-refractivity contribution is -0.137. The Hall–Kier alpha value is -1.31. The number of primary sulfonamides is 1. The highest BCUT2D eigenvalue weighted by Gasteiger charge is 2.16. The molecule has 0 aliphatic carbocycles. The van der Waals surface area contributed by atoms with Crippen LogP contribution in [-0.2, 0) is 14.8 Å². The normalized spacial score (nSPS) is 11.2. The van der Waals surface area contributed by atoms with Crippen LogP contribution in [0.4, 0.5) is 0 Å². The van der Waals surface area contributed by atoms with Gasteiger partial charge in [0.2, 0.25) is 10.0 Å². The van der Waals surface area contributed by atoms with Crippen molar-refractivity contribution in [2.75, 3.05) is 6.61 Å². The highest BCUT2D eigenvalue weighted by molar-refractivity contribution is 7.89. The molecule has 0 unspecified atom stereocenters. The smallest absolute Gasteiger partial charge is 0.306 e. The molecule has 3 N–H and O–H groups in total. The minimum atomic E-state index is -3.96. The zero-order chi connectivity index (χ0) is 13.1. The first-order chi connectivity index (χ1) is 7.80. The highest BCUT2D eigenvalue weighted by atomic mass is 35.5. The van der Waals surface area contributed by atoms with Crippen LogP contribution in [0.2, 0.25) is 5.02 Å². The molecule has 0 atom stereocenters. The number of carbonyl (C=O) groups is 1. The van der Waals surface area contributed by atoms with Crippen molar-refractivity contribution in [1.29, 1.82) is 0 Å². The molecule has 0 aliphatic heterocycles. The van der Waals surface area contributed by atoms with E-state index < -0.39 is 16.0 Å². The Labute approximate surface area is 103 Å². The molecule has 0 spiro atoms. The molecular weight excluding hydrogens is 270 g/mol. The van der Waals surface area contributed by atoms with Gasteiger partial charge in [0.15, 0.2) is 0 Å². The first kappa shape index (κ1) is 13.8. The van der Waals surface area contributed by atoms with E-state index in [0.717, 1.165) is 6.07 Å². The molecule has 0 saturated carbocycles. The maximum atomic E-state index is 11.2. The topological polar surface area (TPSA) is 107 Å². The lowest BCUT2D eigenvalue weighted by Gasteiger charge is -2.09. The number of halogens is 1. The van der Waals surface area contributed by atoms with E-state index in [2.05, 4.69) is 0 Å². The van der Waals surface area contributed by atoms with Crippen LogP contribution >= 0.6 is 11.6 Å². The number of hydrogen-bond acceptors (Lipinski definition) is 4. The number of carboxylic acid groups (broad SMARTS) is 1. The summed E-state index contributed by atoms with van der Waals surface area (Å²) in [5.74, 6) is -1.06. The molecule has 0 bridgehead atoms. The van der Waals surface area contributed by atoms with E-state index >= 15 is 0 Å². The Kier molecular flexibility index (Phi) is 4.33. The lowest BCUT2D eigenvalue weighted by Crippen LogP contribution is -2.14. The molecule has 0 heterocycles. The molecule has 94 valence electrons. The summed E-state index contributed by atoms with van der Waals surface area (Å²) in [6.45, 7) is -0.153. The third-order valence-electron chi connectivity index (χ3n) is 1.79. The molecule has 0 fully saturated rings. The van der Waals surface area contributed by atoms with Crippen molar-refractivity contribution in [2.24, 2.45) is 5.14 Å². The average Bonchev–Trinajstić information content (AvgIpc) is 2.18. The van der Waals surface area contributed by atoms with Crippen LogP contribution < -0.4 is 9.88 Å². The minimum absolute atomic E-state index is 0.0156. The number of hydrogen-bond donors (Lipinski definition) is 2. The van der Waals surface area contributed by atoms with Gasteiger partial charge < -0.3 is 9.84 Å². The lowest BCUT2D eigenvalue weighted by atomic mass is 10.3. The largest absolute Gasteiger partial charge is 0.492 e. The minimum Gasteiger partial charge on any atom is -0.492 e. The van der Waals surface area contributed by atoms with Crippen LogP contribution in [0.1, 0.15) is 6.42 Å². The first-order valence-electron chi connectivity index (χ1n) is 4.47. The highest BCUT2D eigenvalue weighted by Crippen LogP contribution is 2.26. The number of benzene rings is 1. The van der Waals surface area contributed by atoms with Gasteiger partial charge in [-0.3, -0.25) is 4.79 Å².